The van der Waals surface area contributed by atoms with Gasteiger partial charge in [0.05, 0.1) is 25.9 Å². The third kappa shape index (κ3) is 15.6. The number of carbonyl (C=O) groups is 1. The van der Waals surface area contributed by atoms with Gasteiger partial charge in [-0.2, -0.15) is 13.2 Å². The summed E-state index contributed by atoms with van der Waals surface area (Å²) in [6.45, 7) is 4.15. The lowest BCUT2D eigenvalue weighted by molar-refractivity contribution is -0.392. The van der Waals surface area contributed by atoms with Crippen molar-refractivity contribution < 1.29 is 32.2 Å². The zero-order valence-electron chi connectivity index (χ0n) is 20.8. The van der Waals surface area contributed by atoms with E-state index in [0.29, 0.717) is 6.61 Å². The molecule has 33 heavy (non-hydrogen) atoms. The molecule has 0 aromatic carbocycles. The Bertz CT molecular complexity index is 495. The number of alkyl halides is 3. The summed E-state index contributed by atoms with van der Waals surface area (Å²) in [5.74, 6) is -3.26. The summed E-state index contributed by atoms with van der Waals surface area (Å²) in [5.41, 5.74) is 0. The Balaban J connectivity index is 1.88. The van der Waals surface area contributed by atoms with Crippen LogP contribution in [-0.2, 0) is 19.0 Å². The summed E-state index contributed by atoms with van der Waals surface area (Å²) < 4.78 is 53.3. The second-order valence-electron chi connectivity index (χ2n) is 9.30. The quantitative estimate of drug-likeness (QED) is 0.201. The number of ether oxygens (including phenoxy) is 3. The molecule has 0 unspecified atom stereocenters. The van der Waals surface area contributed by atoms with Gasteiger partial charge < -0.3 is 19.5 Å². The standard InChI is InChI=1S/C25H46F3NO4/c1-3-4-5-6-7-8-9-10-11-12-13-14-15-16-17-18-19-31-24(2)32-20-22(21-33-24)29-23(30)25(26,27)28/h22H,3-21H2,1-2H3,(H,29,30). The van der Waals surface area contributed by atoms with E-state index in [1.54, 1.807) is 6.92 Å². The molecule has 196 valence electrons. The van der Waals surface area contributed by atoms with Crippen LogP contribution in [0.15, 0.2) is 0 Å². The lowest BCUT2D eigenvalue weighted by atomic mass is 10.0. The first kappa shape index (κ1) is 30.2. The highest BCUT2D eigenvalue weighted by Crippen LogP contribution is 2.22. The van der Waals surface area contributed by atoms with Crippen LogP contribution in [0.1, 0.15) is 117 Å². The first-order valence-corrected chi connectivity index (χ1v) is 13.1. The molecule has 0 saturated carbocycles. The van der Waals surface area contributed by atoms with E-state index in [1.807, 2.05) is 5.32 Å². The maximum atomic E-state index is 12.3. The number of nitrogens with one attached hydrogen (secondary N) is 1. The highest BCUT2D eigenvalue weighted by molar-refractivity contribution is 5.81. The van der Waals surface area contributed by atoms with Crippen LogP contribution in [0.2, 0.25) is 0 Å². The largest absolute Gasteiger partial charge is 0.471 e. The first-order valence-electron chi connectivity index (χ1n) is 13.1. The lowest BCUT2D eigenvalue weighted by Gasteiger charge is -2.37. The molecule has 1 N–H and O–H groups in total. The van der Waals surface area contributed by atoms with Crippen molar-refractivity contribution in [2.75, 3.05) is 19.8 Å². The van der Waals surface area contributed by atoms with Crippen molar-refractivity contribution in [1.29, 1.82) is 0 Å². The fourth-order valence-electron chi connectivity index (χ4n) is 3.94. The molecule has 1 heterocycles. The van der Waals surface area contributed by atoms with Crippen molar-refractivity contribution in [2.24, 2.45) is 0 Å². The van der Waals surface area contributed by atoms with E-state index in [1.165, 1.54) is 89.9 Å². The zero-order chi connectivity index (χ0) is 24.4. The van der Waals surface area contributed by atoms with Gasteiger partial charge in [0.1, 0.15) is 0 Å². The maximum absolute atomic E-state index is 12.3. The molecule has 8 heteroatoms. The van der Waals surface area contributed by atoms with Gasteiger partial charge in [-0.05, 0) is 6.42 Å². The summed E-state index contributed by atoms with van der Waals surface area (Å²) in [6, 6.07) is -0.841. The molecule has 0 aromatic heterocycles. The number of amides is 1. The molecule has 0 aliphatic carbocycles. The highest BCUT2D eigenvalue weighted by Gasteiger charge is 2.42. The number of hydrogen-bond donors (Lipinski definition) is 1. The van der Waals surface area contributed by atoms with Gasteiger partial charge >= 0.3 is 12.1 Å². The zero-order valence-corrected chi connectivity index (χ0v) is 20.8. The topological polar surface area (TPSA) is 56.8 Å². The molecule has 0 bridgehead atoms. The molecule has 1 rings (SSSR count). The van der Waals surface area contributed by atoms with Gasteiger partial charge in [-0.3, -0.25) is 4.79 Å². The van der Waals surface area contributed by atoms with E-state index in [0.717, 1.165) is 12.8 Å². The number of hydrogen-bond acceptors (Lipinski definition) is 4. The van der Waals surface area contributed by atoms with Crippen LogP contribution >= 0.6 is 0 Å². The minimum Gasteiger partial charge on any atom is -0.341 e. The summed E-state index contributed by atoms with van der Waals surface area (Å²) in [7, 11) is 0. The van der Waals surface area contributed by atoms with Crippen LogP contribution in [-0.4, -0.2) is 43.9 Å². The normalized spacial score (nSPS) is 21.3. The fourth-order valence-corrected chi connectivity index (χ4v) is 3.94. The Morgan fingerprint density at radius 3 is 1.61 bits per heavy atom. The van der Waals surface area contributed by atoms with Crippen LogP contribution in [0.5, 0.6) is 0 Å². The Labute approximate surface area is 198 Å². The van der Waals surface area contributed by atoms with Gasteiger partial charge in [-0.1, -0.05) is 103 Å². The van der Waals surface area contributed by atoms with Gasteiger partial charge in [-0.25, -0.2) is 0 Å². The predicted octanol–water partition coefficient (Wildman–Crippen LogP) is 7.03. The smallest absolute Gasteiger partial charge is 0.341 e. The Kier molecular flexibility index (Phi) is 16.1. The number of carbonyl (C=O) groups excluding carboxylic acids is 1. The molecule has 0 atom stereocenters. The molecule has 0 radical (unpaired) electrons. The first-order chi connectivity index (χ1) is 15.8. The fraction of sp³-hybridized carbons (Fsp3) is 0.960. The predicted molar refractivity (Wildman–Crippen MR) is 124 cm³/mol. The molecule has 0 spiro atoms. The molecular weight excluding hydrogens is 435 g/mol. The van der Waals surface area contributed by atoms with Crippen molar-refractivity contribution in [2.45, 2.75) is 135 Å². The molecule has 1 aliphatic rings. The molecule has 0 aromatic rings. The van der Waals surface area contributed by atoms with E-state index in [2.05, 4.69) is 6.92 Å². The van der Waals surface area contributed by atoms with E-state index >= 15 is 0 Å². The third-order valence-corrected chi connectivity index (χ3v) is 6.05. The van der Waals surface area contributed by atoms with E-state index in [4.69, 9.17) is 14.2 Å². The molecular formula is C25H46F3NO4. The molecule has 5 nitrogen and oxygen atoms in total. The summed E-state index contributed by atoms with van der Waals surface area (Å²) in [5, 5.41) is 1.85. The van der Waals surface area contributed by atoms with Gasteiger partial charge in [0.15, 0.2) is 0 Å². The lowest BCUT2D eigenvalue weighted by Crippen LogP contribution is -2.54. The second-order valence-corrected chi connectivity index (χ2v) is 9.30. The number of unbranched alkanes of at least 4 members (excludes halogenated alkanes) is 15. The summed E-state index contributed by atoms with van der Waals surface area (Å²) in [4.78, 5) is 11.0. The van der Waals surface area contributed by atoms with Crippen molar-refractivity contribution in [3.8, 4) is 0 Å². The van der Waals surface area contributed by atoms with Crippen LogP contribution in [0.25, 0.3) is 0 Å². The maximum Gasteiger partial charge on any atom is 0.471 e. The summed E-state index contributed by atoms with van der Waals surface area (Å²) in [6.07, 6.45) is 15.8. The number of halogens is 3. The van der Waals surface area contributed by atoms with Gasteiger partial charge in [0.25, 0.3) is 5.97 Å². The van der Waals surface area contributed by atoms with E-state index in [9.17, 15) is 18.0 Å². The van der Waals surface area contributed by atoms with Crippen LogP contribution in [0.4, 0.5) is 13.2 Å². The monoisotopic (exact) mass is 481 g/mol. The average molecular weight is 482 g/mol. The van der Waals surface area contributed by atoms with Crippen molar-refractivity contribution in [1.82, 2.24) is 5.32 Å². The Morgan fingerprint density at radius 2 is 1.21 bits per heavy atom. The van der Waals surface area contributed by atoms with Gasteiger partial charge in [-0.15, -0.1) is 0 Å². The second kappa shape index (κ2) is 17.6. The van der Waals surface area contributed by atoms with E-state index < -0.39 is 24.1 Å². The third-order valence-electron chi connectivity index (χ3n) is 6.05. The molecule has 1 amide bonds. The SMILES string of the molecule is CCCCCCCCCCCCCCCCCCOC1(C)OCC(NC(=O)C(F)(F)F)CO1. The Morgan fingerprint density at radius 1 is 0.818 bits per heavy atom. The molecule has 1 aliphatic heterocycles. The van der Waals surface area contributed by atoms with Gasteiger partial charge in [0.2, 0.25) is 0 Å². The highest BCUT2D eigenvalue weighted by atomic mass is 19.4. The minimum atomic E-state index is -4.91. The average Bonchev–Trinajstić information content (AvgIpc) is 2.77. The van der Waals surface area contributed by atoms with Crippen molar-refractivity contribution in [3.63, 3.8) is 0 Å². The van der Waals surface area contributed by atoms with Crippen LogP contribution in [0, 0.1) is 0 Å². The van der Waals surface area contributed by atoms with E-state index in [-0.39, 0.29) is 13.2 Å². The summed E-state index contributed by atoms with van der Waals surface area (Å²) >= 11 is 0. The van der Waals surface area contributed by atoms with Crippen molar-refractivity contribution in [3.05, 3.63) is 0 Å². The van der Waals surface area contributed by atoms with Crippen LogP contribution in [0.3, 0.4) is 0 Å². The van der Waals surface area contributed by atoms with Crippen molar-refractivity contribution >= 4 is 5.91 Å². The Hall–Kier alpha value is -0.860. The molecule has 1 fully saturated rings. The number of rotatable bonds is 19. The molecule has 1 saturated heterocycles. The van der Waals surface area contributed by atoms with Gasteiger partial charge in [0, 0.05) is 6.92 Å². The van der Waals surface area contributed by atoms with Crippen LogP contribution < -0.4 is 5.32 Å². The minimum absolute atomic E-state index is 0.0860.